The van der Waals surface area contributed by atoms with E-state index in [1.807, 2.05) is 31.2 Å². The van der Waals surface area contributed by atoms with Crippen LogP contribution in [-0.4, -0.2) is 91.7 Å². The van der Waals surface area contributed by atoms with Crippen LogP contribution in [0.25, 0.3) is 11.2 Å². The van der Waals surface area contributed by atoms with E-state index in [2.05, 4.69) is 15.0 Å². The Hall–Kier alpha value is -4.46. The van der Waals surface area contributed by atoms with Gasteiger partial charge in [0.25, 0.3) is 0 Å². The number of nitrogens with zero attached hydrogens (tertiary/aromatic N) is 5. The molecule has 14 heteroatoms. The number of fused-ring (bicyclic) bond motifs is 1. The molecule has 14 nitrogen and oxygen atoms in total. The van der Waals surface area contributed by atoms with Crippen molar-refractivity contribution in [3.8, 4) is 6.01 Å². The number of anilines is 1. The van der Waals surface area contributed by atoms with E-state index >= 15 is 0 Å². The molecule has 4 N–H and O–H groups in total. The Morgan fingerprint density at radius 2 is 1.91 bits per heavy atom. The second-order valence-corrected chi connectivity index (χ2v) is 10.6. The molecule has 1 fully saturated rings. The maximum atomic E-state index is 13.5. The molecule has 0 saturated carbocycles. The fourth-order valence-corrected chi connectivity index (χ4v) is 5.11. The van der Waals surface area contributed by atoms with Crippen LogP contribution in [0.2, 0.25) is 0 Å². The second-order valence-electron chi connectivity index (χ2n) is 10.6. The predicted octanol–water partition coefficient (Wildman–Crippen LogP) is 1.56. The fraction of sp³-hybridized carbons (Fsp3) is 0.517. The number of aryl methyl sites for hydroxylation is 1. The smallest absolute Gasteiger partial charge is 0.327 e. The lowest BCUT2D eigenvalue weighted by Crippen LogP contribution is -2.44. The molecule has 1 amide bonds. The number of carbonyl (C=O) groups is 3. The molecule has 1 saturated heterocycles. The summed E-state index contributed by atoms with van der Waals surface area (Å²) in [5.41, 5.74) is 7.93. The molecule has 4 rings (SSSR count). The molecule has 1 aliphatic heterocycles. The number of hydrogen-bond acceptors (Lipinski definition) is 10. The molecule has 2 aromatic heterocycles. The van der Waals surface area contributed by atoms with Crippen LogP contribution in [0.15, 0.2) is 29.1 Å². The number of carboxylic acids is 1. The van der Waals surface area contributed by atoms with Crippen molar-refractivity contribution >= 4 is 34.8 Å². The summed E-state index contributed by atoms with van der Waals surface area (Å²) in [6.07, 6.45) is 3.53. The first-order valence-corrected chi connectivity index (χ1v) is 14.5. The molecule has 0 spiro atoms. The zero-order valence-electron chi connectivity index (χ0n) is 24.6. The average molecular weight is 598 g/mol. The first kappa shape index (κ1) is 31.5. The molecule has 0 unspecified atom stereocenters. The normalized spacial score (nSPS) is 15.1. The number of methoxy groups -OCH3 is 1. The summed E-state index contributed by atoms with van der Waals surface area (Å²) in [7, 11) is 1.34. The van der Waals surface area contributed by atoms with Gasteiger partial charge in [-0.05, 0) is 43.4 Å². The number of amides is 1. The topological polar surface area (TPSA) is 186 Å². The number of imidazole rings is 1. The van der Waals surface area contributed by atoms with Crippen LogP contribution in [0.5, 0.6) is 6.01 Å². The van der Waals surface area contributed by atoms with E-state index in [1.54, 1.807) is 9.80 Å². The van der Waals surface area contributed by atoms with E-state index < -0.39 is 17.7 Å². The van der Waals surface area contributed by atoms with Gasteiger partial charge in [0.05, 0.1) is 26.7 Å². The third-order valence-electron chi connectivity index (χ3n) is 7.48. The highest BCUT2D eigenvalue weighted by atomic mass is 16.5. The molecule has 1 aliphatic rings. The molecule has 43 heavy (non-hydrogen) atoms. The number of aromatic nitrogens is 4. The minimum absolute atomic E-state index is 0.0212. The Bertz CT molecular complexity index is 1480. The van der Waals surface area contributed by atoms with Gasteiger partial charge >= 0.3 is 23.6 Å². The molecule has 0 bridgehead atoms. The van der Waals surface area contributed by atoms with Gasteiger partial charge in [0, 0.05) is 19.6 Å². The number of rotatable bonds is 15. The van der Waals surface area contributed by atoms with E-state index in [0.717, 1.165) is 24.0 Å². The molecule has 3 heterocycles. The summed E-state index contributed by atoms with van der Waals surface area (Å²) in [5, 5.41) is 9.57. The van der Waals surface area contributed by atoms with E-state index in [1.165, 1.54) is 11.7 Å². The molecule has 0 aliphatic carbocycles. The number of nitrogens with two attached hydrogens (primary N) is 1. The van der Waals surface area contributed by atoms with Crippen LogP contribution in [0.3, 0.4) is 0 Å². The van der Waals surface area contributed by atoms with Gasteiger partial charge in [-0.15, -0.1) is 0 Å². The predicted molar refractivity (Wildman–Crippen MR) is 157 cm³/mol. The van der Waals surface area contributed by atoms with Crippen molar-refractivity contribution in [3.05, 3.63) is 45.9 Å². The van der Waals surface area contributed by atoms with Gasteiger partial charge in [0.15, 0.2) is 11.5 Å². The number of aliphatic carboxylic acids is 1. The summed E-state index contributed by atoms with van der Waals surface area (Å²) in [4.78, 5) is 64.2. The summed E-state index contributed by atoms with van der Waals surface area (Å²) < 4.78 is 11.8. The van der Waals surface area contributed by atoms with Gasteiger partial charge < -0.3 is 30.2 Å². The summed E-state index contributed by atoms with van der Waals surface area (Å²) in [6.45, 7) is 3.79. The van der Waals surface area contributed by atoms with E-state index in [-0.39, 0.29) is 49.8 Å². The number of H-pyrrole nitrogens is 1. The van der Waals surface area contributed by atoms with Crippen LogP contribution in [-0.2, 0) is 38.6 Å². The highest BCUT2D eigenvalue weighted by Gasteiger charge is 2.32. The lowest BCUT2D eigenvalue weighted by atomic mass is 10.1. The number of aromatic amines is 1. The number of unbranched alkanes of at least 4 members (excludes halogenated alkanes) is 1. The lowest BCUT2D eigenvalue weighted by Gasteiger charge is -2.27. The lowest BCUT2D eigenvalue weighted by molar-refractivity contribution is -0.143. The minimum atomic E-state index is -0.934. The third kappa shape index (κ3) is 8.09. The van der Waals surface area contributed by atoms with E-state index in [9.17, 15) is 24.3 Å². The number of carboxylic acid groups (broad SMARTS) is 1. The zero-order chi connectivity index (χ0) is 30.9. The van der Waals surface area contributed by atoms with Gasteiger partial charge in [-0.3, -0.25) is 23.9 Å². The standard InChI is InChI=1S/C29H39N7O7/c1-3-4-15-43-28-32-25(30)24-26(33-28)36(29(41)31-24)14-6-13-35(22(37)18-34-12-5-7-21(34)27(39)40)17-20-10-8-19(9-11-20)16-23(38)42-2/h8-11,21H,3-7,12-18H2,1-2H3,(H,31,41)(H,39,40)(H2,30,32,33)/t21-/m0/s1. The fourth-order valence-electron chi connectivity index (χ4n) is 5.11. The Labute approximate surface area is 248 Å². The Morgan fingerprint density at radius 3 is 2.60 bits per heavy atom. The van der Waals surface area contributed by atoms with E-state index in [0.29, 0.717) is 50.1 Å². The van der Waals surface area contributed by atoms with Crippen molar-refractivity contribution in [3.63, 3.8) is 0 Å². The number of likely N-dealkylation sites (tertiary alicyclic amines) is 1. The van der Waals surface area contributed by atoms with Gasteiger partial charge in [0.1, 0.15) is 11.6 Å². The van der Waals surface area contributed by atoms with Crippen LogP contribution in [0.4, 0.5) is 5.82 Å². The number of esters is 1. The van der Waals surface area contributed by atoms with Gasteiger partial charge in [0.2, 0.25) is 5.91 Å². The molecule has 0 radical (unpaired) electrons. The second kappa shape index (κ2) is 14.6. The number of benzene rings is 1. The molecule has 1 atom stereocenters. The molecule has 1 aromatic carbocycles. The highest BCUT2D eigenvalue weighted by Crippen LogP contribution is 2.20. The Morgan fingerprint density at radius 1 is 1.16 bits per heavy atom. The molecular formula is C29H39N7O7. The van der Waals surface area contributed by atoms with Crippen LogP contribution >= 0.6 is 0 Å². The third-order valence-corrected chi connectivity index (χ3v) is 7.48. The quantitative estimate of drug-likeness (QED) is 0.170. The first-order chi connectivity index (χ1) is 20.7. The number of nitrogens with one attached hydrogen (secondary N) is 1. The highest BCUT2D eigenvalue weighted by molar-refractivity contribution is 5.82. The number of hydrogen-bond donors (Lipinski definition) is 3. The maximum Gasteiger partial charge on any atom is 0.327 e. The maximum absolute atomic E-state index is 13.5. The summed E-state index contributed by atoms with van der Waals surface area (Å²) >= 11 is 0. The summed E-state index contributed by atoms with van der Waals surface area (Å²) in [5.74, 6) is -1.38. The first-order valence-electron chi connectivity index (χ1n) is 14.5. The largest absolute Gasteiger partial charge is 0.480 e. The SMILES string of the molecule is CCCCOc1nc(N)c2[nH]c(=O)n(CCCN(Cc3ccc(CC(=O)OC)cc3)C(=O)CN3CCC[C@H]3C(=O)O)c2n1. The van der Waals surface area contributed by atoms with Crippen LogP contribution in [0.1, 0.15) is 50.2 Å². The van der Waals surface area contributed by atoms with Crippen LogP contribution < -0.4 is 16.2 Å². The van der Waals surface area contributed by atoms with Gasteiger partial charge in [-0.1, -0.05) is 37.6 Å². The number of nitrogen functional groups attached to an aromatic ring is 1. The molecular weight excluding hydrogens is 558 g/mol. The van der Waals surface area contributed by atoms with Crippen molar-refractivity contribution in [2.45, 2.75) is 64.6 Å². The van der Waals surface area contributed by atoms with E-state index in [4.69, 9.17) is 15.2 Å². The Balaban J connectivity index is 1.49. The zero-order valence-corrected chi connectivity index (χ0v) is 24.6. The van der Waals surface area contributed by atoms with Gasteiger partial charge in [-0.25, -0.2) is 4.79 Å². The van der Waals surface area contributed by atoms with Crippen molar-refractivity contribution < 1.29 is 29.0 Å². The van der Waals surface area contributed by atoms with Crippen molar-refractivity contribution in [1.29, 1.82) is 0 Å². The Kier molecular flexibility index (Phi) is 10.7. The minimum Gasteiger partial charge on any atom is -0.480 e. The number of ether oxygens (including phenoxy) is 2. The van der Waals surface area contributed by atoms with Gasteiger partial charge in [-0.2, -0.15) is 9.97 Å². The molecule has 3 aromatic rings. The van der Waals surface area contributed by atoms with Crippen LogP contribution in [0, 0.1) is 0 Å². The average Bonchev–Trinajstić information content (AvgIpc) is 3.58. The molecule has 232 valence electrons. The summed E-state index contributed by atoms with van der Waals surface area (Å²) in [6, 6.07) is 6.72. The van der Waals surface area contributed by atoms with Crippen molar-refractivity contribution in [2.24, 2.45) is 0 Å². The van der Waals surface area contributed by atoms with Crippen molar-refractivity contribution in [1.82, 2.24) is 29.3 Å². The van der Waals surface area contributed by atoms with Crippen molar-refractivity contribution in [2.75, 3.05) is 39.1 Å². The number of carbonyl (C=O) groups excluding carboxylic acids is 2. The monoisotopic (exact) mass is 597 g/mol.